The first-order valence-corrected chi connectivity index (χ1v) is 9.08. The second-order valence-electron chi connectivity index (χ2n) is 6.73. The van der Waals surface area contributed by atoms with Gasteiger partial charge < -0.3 is 10.6 Å². The molecule has 0 atom stereocenters. The maximum atomic E-state index is 4.30. The summed E-state index contributed by atoms with van der Waals surface area (Å²) in [5.41, 5.74) is 1.50. The van der Waals surface area contributed by atoms with Gasteiger partial charge in [0.1, 0.15) is 12.2 Å². The van der Waals surface area contributed by atoms with Gasteiger partial charge in [-0.25, -0.2) is 4.98 Å². The molecule has 0 unspecified atom stereocenters. The summed E-state index contributed by atoms with van der Waals surface area (Å²) in [6.45, 7) is 1.59. The molecule has 1 aliphatic carbocycles. The van der Waals surface area contributed by atoms with Crippen LogP contribution >= 0.6 is 24.0 Å². The molecule has 3 rings (SSSR count). The summed E-state index contributed by atoms with van der Waals surface area (Å²) in [6.07, 6.45) is 6.67. The highest BCUT2D eigenvalue weighted by Crippen LogP contribution is 2.35. The molecule has 0 saturated heterocycles. The number of hydrogen-bond donors (Lipinski definition) is 2. The van der Waals surface area contributed by atoms with E-state index in [1.54, 1.807) is 18.1 Å². The number of rotatable bonds is 5. The lowest BCUT2D eigenvalue weighted by molar-refractivity contribution is 0.324. The van der Waals surface area contributed by atoms with Gasteiger partial charge in [-0.3, -0.25) is 9.67 Å². The molecule has 6 nitrogen and oxygen atoms in total. The maximum absolute atomic E-state index is 4.30. The average Bonchev–Trinajstić information content (AvgIpc) is 3.08. The van der Waals surface area contributed by atoms with E-state index in [1.165, 1.54) is 31.2 Å². The molecule has 26 heavy (non-hydrogen) atoms. The summed E-state index contributed by atoms with van der Waals surface area (Å²) in [5, 5.41) is 10.8. The van der Waals surface area contributed by atoms with E-state index in [0.717, 1.165) is 24.2 Å². The van der Waals surface area contributed by atoms with Crippen LogP contribution in [-0.4, -0.2) is 34.3 Å². The van der Waals surface area contributed by atoms with Gasteiger partial charge in [0.05, 0.1) is 6.54 Å². The Morgan fingerprint density at radius 1 is 1.15 bits per heavy atom. The number of halogens is 1. The normalized spacial score (nSPS) is 20.3. The Morgan fingerprint density at radius 2 is 1.88 bits per heavy atom. The molecule has 7 heteroatoms. The molecule has 1 fully saturated rings. The van der Waals surface area contributed by atoms with E-state index >= 15 is 0 Å². The van der Waals surface area contributed by atoms with Gasteiger partial charge in [0.15, 0.2) is 5.96 Å². The van der Waals surface area contributed by atoms with Crippen molar-refractivity contribution in [2.75, 3.05) is 13.6 Å². The number of nitrogens with one attached hydrogen (secondary N) is 2. The van der Waals surface area contributed by atoms with Crippen LogP contribution in [0.2, 0.25) is 0 Å². The van der Waals surface area contributed by atoms with Crippen LogP contribution in [0.5, 0.6) is 0 Å². The molecule has 0 radical (unpaired) electrons. The van der Waals surface area contributed by atoms with E-state index in [0.29, 0.717) is 12.5 Å². The van der Waals surface area contributed by atoms with E-state index in [4.69, 9.17) is 0 Å². The zero-order chi connectivity index (χ0) is 17.5. The number of benzene rings is 1. The highest BCUT2D eigenvalue weighted by atomic mass is 127. The van der Waals surface area contributed by atoms with E-state index in [9.17, 15) is 0 Å². The lowest BCUT2D eigenvalue weighted by Crippen LogP contribution is -2.40. The zero-order valence-electron chi connectivity index (χ0n) is 15.6. The quantitative estimate of drug-likeness (QED) is 0.402. The molecule has 0 aliphatic heterocycles. The van der Waals surface area contributed by atoms with E-state index < -0.39 is 0 Å². The van der Waals surface area contributed by atoms with Crippen LogP contribution in [-0.2, 0) is 13.6 Å². The Labute approximate surface area is 172 Å². The van der Waals surface area contributed by atoms with Gasteiger partial charge in [-0.15, -0.1) is 24.0 Å². The molecule has 2 N–H and O–H groups in total. The second-order valence-corrected chi connectivity index (χ2v) is 6.73. The summed E-state index contributed by atoms with van der Waals surface area (Å²) in [7, 11) is 3.70. The number of hydrogen-bond acceptors (Lipinski definition) is 3. The minimum atomic E-state index is 0. The minimum absolute atomic E-state index is 0. The predicted molar refractivity (Wildman–Crippen MR) is 116 cm³/mol. The van der Waals surface area contributed by atoms with Crippen molar-refractivity contribution in [1.29, 1.82) is 0 Å². The summed E-state index contributed by atoms with van der Waals surface area (Å²) < 4.78 is 1.77. The van der Waals surface area contributed by atoms with Crippen molar-refractivity contribution in [1.82, 2.24) is 25.4 Å². The van der Waals surface area contributed by atoms with Gasteiger partial charge in [0.25, 0.3) is 0 Å². The molecular formula is C19H29IN6. The fraction of sp³-hybridized carbons (Fsp3) is 0.526. The van der Waals surface area contributed by atoms with Crippen LogP contribution in [0, 0.1) is 5.92 Å². The Bertz CT molecular complexity index is 676. The summed E-state index contributed by atoms with van der Waals surface area (Å²) in [4.78, 5) is 8.52. The highest BCUT2D eigenvalue weighted by Gasteiger charge is 2.22. The molecule has 0 amide bonds. The molecule has 1 heterocycles. The van der Waals surface area contributed by atoms with Crippen LogP contribution in [0.25, 0.3) is 0 Å². The van der Waals surface area contributed by atoms with Crippen LogP contribution in [0.3, 0.4) is 0 Å². The van der Waals surface area contributed by atoms with Crippen LogP contribution in [0.1, 0.15) is 43.0 Å². The van der Waals surface area contributed by atoms with Crippen molar-refractivity contribution in [2.24, 2.45) is 18.0 Å². The fourth-order valence-electron chi connectivity index (χ4n) is 3.53. The third kappa shape index (κ3) is 5.69. The Kier molecular flexibility index (Phi) is 8.34. The Balaban J connectivity index is 0.00000243. The summed E-state index contributed by atoms with van der Waals surface area (Å²) in [5.74, 6) is 3.17. The van der Waals surface area contributed by atoms with E-state index in [1.807, 2.05) is 7.05 Å². The topological polar surface area (TPSA) is 67.1 Å². The standard InChI is InChI=1S/C19H28N6.HI/c1-20-19(22-13-18-23-14-24-25(18)2)21-12-15-8-10-17(11-9-15)16-6-4-3-5-7-16;/h3-7,14-15,17H,8-13H2,1-2H3,(H2,20,21,22);1H. The smallest absolute Gasteiger partial charge is 0.191 e. The summed E-state index contributed by atoms with van der Waals surface area (Å²) in [6, 6.07) is 10.9. The summed E-state index contributed by atoms with van der Waals surface area (Å²) >= 11 is 0. The third-order valence-electron chi connectivity index (χ3n) is 5.12. The molecule has 142 valence electrons. The van der Waals surface area contributed by atoms with Gasteiger partial charge in [-0.05, 0) is 43.1 Å². The molecule has 1 aromatic carbocycles. The number of nitrogens with zero attached hydrogens (tertiary/aromatic N) is 4. The Hall–Kier alpha value is -1.64. The fourth-order valence-corrected chi connectivity index (χ4v) is 3.53. The van der Waals surface area contributed by atoms with Gasteiger partial charge in [-0.1, -0.05) is 30.3 Å². The molecule has 1 aromatic heterocycles. The SMILES string of the molecule is CN=C(NCc1ncnn1C)NCC1CCC(c2ccccc2)CC1.I. The van der Waals surface area contributed by atoms with Crippen molar-refractivity contribution in [3.05, 3.63) is 48.0 Å². The monoisotopic (exact) mass is 468 g/mol. The van der Waals surface area contributed by atoms with Gasteiger partial charge >= 0.3 is 0 Å². The number of aromatic nitrogens is 3. The lowest BCUT2D eigenvalue weighted by Gasteiger charge is -2.29. The highest BCUT2D eigenvalue weighted by molar-refractivity contribution is 14.0. The first-order valence-electron chi connectivity index (χ1n) is 9.08. The van der Waals surface area contributed by atoms with Crippen LogP contribution < -0.4 is 10.6 Å². The van der Waals surface area contributed by atoms with Crippen molar-refractivity contribution in [2.45, 2.75) is 38.1 Å². The third-order valence-corrected chi connectivity index (χ3v) is 5.12. The number of aliphatic imine (C=N–C) groups is 1. The van der Waals surface area contributed by atoms with Gasteiger partial charge in [-0.2, -0.15) is 5.10 Å². The first kappa shape index (κ1) is 20.7. The predicted octanol–water partition coefficient (Wildman–Crippen LogP) is 3.07. The molecule has 0 bridgehead atoms. The van der Waals surface area contributed by atoms with Gasteiger partial charge in [0, 0.05) is 20.6 Å². The molecular weight excluding hydrogens is 439 g/mol. The van der Waals surface area contributed by atoms with Gasteiger partial charge in [0.2, 0.25) is 0 Å². The van der Waals surface area contributed by atoms with E-state index in [-0.39, 0.29) is 24.0 Å². The zero-order valence-corrected chi connectivity index (χ0v) is 17.9. The van der Waals surface area contributed by atoms with Crippen LogP contribution in [0.4, 0.5) is 0 Å². The second kappa shape index (κ2) is 10.5. The first-order chi connectivity index (χ1) is 12.3. The molecule has 1 saturated carbocycles. The van der Waals surface area contributed by atoms with Crippen molar-refractivity contribution < 1.29 is 0 Å². The van der Waals surface area contributed by atoms with E-state index in [2.05, 4.69) is 56.0 Å². The largest absolute Gasteiger partial charge is 0.356 e. The lowest BCUT2D eigenvalue weighted by atomic mass is 9.79. The minimum Gasteiger partial charge on any atom is -0.356 e. The number of guanidine groups is 1. The van der Waals surface area contributed by atoms with Crippen molar-refractivity contribution in [3.63, 3.8) is 0 Å². The molecule has 0 spiro atoms. The molecule has 2 aromatic rings. The van der Waals surface area contributed by atoms with Crippen molar-refractivity contribution in [3.8, 4) is 0 Å². The van der Waals surface area contributed by atoms with Crippen LogP contribution in [0.15, 0.2) is 41.7 Å². The number of aryl methyl sites for hydroxylation is 1. The average molecular weight is 468 g/mol. The Morgan fingerprint density at radius 3 is 2.50 bits per heavy atom. The molecule has 1 aliphatic rings. The van der Waals surface area contributed by atoms with Crippen molar-refractivity contribution >= 4 is 29.9 Å². The maximum Gasteiger partial charge on any atom is 0.191 e.